The van der Waals surface area contributed by atoms with E-state index in [-0.39, 0.29) is 23.5 Å². The molecule has 0 spiro atoms. The number of hydrogen-bond donors (Lipinski definition) is 1. The molecule has 2 aliphatic rings. The minimum atomic E-state index is -0.229. The molecule has 1 aromatic carbocycles. The highest BCUT2D eigenvalue weighted by Gasteiger charge is 2.27. The summed E-state index contributed by atoms with van der Waals surface area (Å²) < 4.78 is 14.4. The van der Waals surface area contributed by atoms with E-state index in [2.05, 4.69) is 5.32 Å². The zero-order valence-electron chi connectivity index (χ0n) is 12.7. The number of hydrogen-bond acceptors (Lipinski definition) is 2. The van der Waals surface area contributed by atoms with E-state index in [1.54, 1.807) is 6.07 Å². The highest BCUT2D eigenvalue weighted by atomic mass is 19.1. The molecule has 3 nitrogen and oxygen atoms in total. The van der Waals surface area contributed by atoms with Crippen molar-refractivity contribution >= 4 is 11.8 Å². The fraction of sp³-hybridized carbons (Fsp3) is 0.556. The normalized spacial score (nSPS) is 23.4. The fourth-order valence-corrected chi connectivity index (χ4v) is 3.66. The van der Waals surface area contributed by atoms with Gasteiger partial charge in [-0.2, -0.15) is 0 Å². The van der Waals surface area contributed by atoms with Gasteiger partial charge in [0.2, 0.25) is 11.8 Å². The summed E-state index contributed by atoms with van der Waals surface area (Å²) in [6.45, 7) is 0. The van der Waals surface area contributed by atoms with Crippen molar-refractivity contribution in [1.82, 2.24) is 5.32 Å². The Bertz CT molecular complexity index is 578. The molecule has 1 heterocycles. The van der Waals surface area contributed by atoms with E-state index in [1.165, 1.54) is 19.3 Å². The third-order valence-corrected chi connectivity index (χ3v) is 4.95. The molecule has 1 saturated heterocycles. The second-order valence-electron chi connectivity index (χ2n) is 6.54. The highest BCUT2D eigenvalue weighted by Crippen LogP contribution is 2.34. The van der Waals surface area contributed by atoms with Crippen LogP contribution >= 0.6 is 0 Å². The molecule has 118 valence electrons. The zero-order chi connectivity index (χ0) is 15.5. The van der Waals surface area contributed by atoms with Crippen molar-refractivity contribution in [1.29, 1.82) is 0 Å². The second kappa shape index (κ2) is 6.59. The molecule has 1 saturated carbocycles. The van der Waals surface area contributed by atoms with E-state index < -0.39 is 0 Å². The van der Waals surface area contributed by atoms with Crippen LogP contribution in [0.15, 0.2) is 18.2 Å². The Balaban J connectivity index is 1.69. The van der Waals surface area contributed by atoms with Crippen molar-refractivity contribution in [2.24, 2.45) is 5.92 Å². The van der Waals surface area contributed by atoms with Crippen LogP contribution in [0.25, 0.3) is 0 Å². The molecule has 0 bridgehead atoms. The van der Waals surface area contributed by atoms with Gasteiger partial charge in [0.1, 0.15) is 5.82 Å². The maximum atomic E-state index is 14.4. The molecular weight excluding hydrogens is 281 g/mol. The summed E-state index contributed by atoms with van der Waals surface area (Å²) in [6, 6.07) is 5.41. The van der Waals surface area contributed by atoms with Gasteiger partial charge in [-0.1, -0.05) is 31.4 Å². The quantitative estimate of drug-likeness (QED) is 0.869. The molecule has 3 rings (SSSR count). The van der Waals surface area contributed by atoms with Crippen LogP contribution in [0.1, 0.15) is 62.0 Å². The Labute approximate surface area is 130 Å². The molecular formula is C18H22FNO2. The van der Waals surface area contributed by atoms with Crippen LogP contribution in [0.3, 0.4) is 0 Å². The maximum Gasteiger partial charge on any atom is 0.230 e. The van der Waals surface area contributed by atoms with Crippen molar-refractivity contribution in [3.63, 3.8) is 0 Å². The van der Waals surface area contributed by atoms with E-state index in [0.717, 1.165) is 24.0 Å². The van der Waals surface area contributed by atoms with Gasteiger partial charge in [0.05, 0.1) is 0 Å². The van der Waals surface area contributed by atoms with Gasteiger partial charge in [-0.15, -0.1) is 0 Å². The minimum Gasteiger partial charge on any atom is -0.296 e. The Morgan fingerprint density at radius 3 is 2.55 bits per heavy atom. The standard InChI is InChI=1S/C18H22FNO2/c19-16-11-12(10-14-7-9-17(21)20-18(14)22)6-8-15(16)13-4-2-1-3-5-13/h6,8,11,13-14H,1-5,7,9-10H2,(H,20,21,22). The van der Waals surface area contributed by atoms with Crippen molar-refractivity contribution in [3.05, 3.63) is 35.1 Å². The molecule has 22 heavy (non-hydrogen) atoms. The predicted molar refractivity (Wildman–Crippen MR) is 81.8 cm³/mol. The van der Waals surface area contributed by atoms with E-state index in [9.17, 15) is 14.0 Å². The van der Waals surface area contributed by atoms with Crippen molar-refractivity contribution < 1.29 is 14.0 Å². The summed E-state index contributed by atoms with van der Waals surface area (Å²) in [7, 11) is 0. The van der Waals surface area contributed by atoms with Crippen molar-refractivity contribution in [2.45, 2.75) is 57.3 Å². The largest absolute Gasteiger partial charge is 0.296 e. The summed E-state index contributed by atoms with van der Waals surface area (Å²) in [5.74, 6) is -0.458. The predicted octanol–water partition coefficient (Wildman–Crippen LogP) is 3.47. The number of piperidine rings is 1. The Morgan fingerprint density at radius 2 is 1.86 bits per heavy atom. The molecule has 1 aliphatic heterocycles. The van der Waals surface area contributed by atoms with Gasteiger partial charge in [-0.05, 0) is 48.8 Å². The minimum absolute atomic E-state index is 0.142. The molecule has 1 atom stereocenters. The SMILES string of the molecule is O=C1CCC(Cc2ccc(C3CCCCC3)c(F)c2)C(=O)N1. The van der Waals surface area contributed by atoms with Crippen LogP contribution in [0, 0.1) is 11.7 Å². The summed E-state index contributed by atoms with van der Waals surface area (Å²) in [5.41, 5.74) is 1.67. The number of rotatable bonds is 3. The number of nitrogens with one attached hydrogen (secondary N) is 1. The van der Waals surface area contributed by atoms with Crippen LogP contribution in [-0.2, 0) is 16.0 Å². The number of amides is 2. The lowest BCUT2D eigenvalue weighted by Gasteiger charge is -2.23. The first kappa shape index (κ1) is 15.2. The lowest BCUT2D eigenvalue weighted by molar-refractivity contribution is -0.136. The van der Waals surface area contributed by atoms with Crippen molar-refractivity contribution in [2.75, 3.05) is 0 Å². The molecule has 2 amide bonds. The van der Waals surface area contributed by atoms with E-state index in [1.807, 2.05) is 12.1 Å². The van der Waals surface area contributed by atoms with Crippen LogP contribution in [-0.4, -0.2) is 11.8 Å². The van der Waals surface area contributed by atoms with Crippen LogP contribution < -0.4 is 5.32 Å². The molecule has 1 N–H and O–H groups in total. The zero-order valence-corrected chi connectivity index (χ0v) is 12.7. The number of carbonyl (C=O) groups is 2. The Kier molecular flexibility index (Phi) is 4.55. The summed E-state index contributed by atoms with van der Waals surface area (Å²) in [6.07, 6.45) is 7.19. The lowest BCUT2D eigenvalue weighted by atomic mass is 9.83. The lowest BCUT2D eigenvalue weighted by Crippen LogP contribution is -2.41. The molecule has 4 heteroatoms. The summed E-state index contributed by atoms with van der Waals surface area (Å²) >= 11 is 0. The van der Waals surface area contributed by atoms with E-state index >= 15 is 0 Å². The number of halogens is 1. The smallest absolute Gasteiger partial charge is 0.230 e. The average molecular weight is 303 g/mol. The first-order chi connectivity index (χ1) is 10.6. The summed E-state index contributed by atoms with van der Waals surface area (Å²) in [5, 5.41) is 2.36. The number of imide groups is 1. The van der Waals surface area contributed by atoms with E-state index in [0.29, 0.717) is 25.2 Å². The molecule has 2 fully saturated rings. The van der Waals surface area contributed by atoms with Gasteiger partial charge in [-0.3, -0.25) is 14.9 Å². The van der Waals surface area contributed by atoms with Gasteiger partial charge in [0, 0.05) is 12.3 Å². The second-order valence-corrected chi connectivity index (χ2v) is 6.54. The van der Waals surface area contributed by atoms with Crippen LogP contribution in [0.4, 0.5) is 4.39 Å². The van der Waals surface area contributed by atoms with Gasteiger partial charge in [-0.25, -0.2) is 4.39 Å². The van der Waals surface area contributed by atoms with Crippen molar-refractivity contribution in [3.8, 4) is 0 Å². The van der Waals surface area contributed by atoms with Gasteiger partial charge >= 0.3 is 0 Å². The molecule has 0 aromatic heterocycles. The summed E-state index contributed by atoms with van der Waals surface area (Å²) in [4.78, 5) is 22.9. The third kappa shape index (κ3) is 3.37. The third-order valence-electron chi connectivity index (χ3n) is 4.95. The first-order valence-corrected chi connectivity index (χ1v) is 8.25. The Hall–Kier alpha value is -1.71. The van der Waals surface area contributed by atoms with E-state index in [4.69, 9.17) is 0 Å². The molecule has 1 aliphatic carbocycles. The maximum absolute atomic E-state index is 14.4. The molecule has 0 radical (unpaired) electrons. The van der Waals surface area contributed by atoms with Crippen LogP contribution in [0.5, 0.6) is 0 Å². The van der Waals surface area contributed by atoms with Gasteiger partial charge < -0.3 is 0 Å². The van der Waals surface area contributed by atoms with Gasteiger partial charge in [0.15, 0.2) is 0 Å². The fourth-order valence-electron chi connectivity index (χ4n) is 3.66. The van der Waals surface area contributed by atoms with Gasteiger partial charge in [0.25, 0.3) is 0 Å². The monoisotopic (exact) mass is 303 g/mol. The van der Waals surface area contributed by atoms with Crippen LogP contribution in [0.2, 0.25) is 0 Å². The molecule has 1 unspecified atom stereocenters. The average Bonchev–Trinajstić information content (AvgIpc) is 2.51. The molecule has 1 aromatic rings. The Morgan fingerprint density at radius 1 is 1.09 bits per heavy atom. The highest BCUT2D eigenvalue weighted by molar-refractivity contribution is 5.98. The number of carbonyl (C=O) groups excluding carboxylic acids is 2. The topological polar surface area (TPSA) is 46.2 Å². The first-order valence-electron chi connectivity index (χ1n) is 8.25. The number of benzene rings is 1.